The monoisotopic (exact) mass is 2200 g/mol. The SMILES string of the molecule is CCOc1cccc2c1C(=O)N(c1ccc(C)c(C(F)(F)F)c1)C2.Cc1cc(N(C)C(=O)c2c(C)cccc2OCCN(C)C)ccc1Cl.Cc1cc(NC(=O)c2c(C)cccc2OCC[N+](C)(C)C)ccc1Cl.Cc1cc(NCc2c(C)cccc2OCCN(C)C)ccc1Cl.Cc1ccc(N2Cc3cccc(O)c3C2=O)cc1C(F)(F)F.Cc1ccc(N2Cc3cccc(OCCN(C)C)c3C2=O)cc1C(F)(F)F.[I-]. The number of rotatable bonds is 28. The summed E-state index contributed by atoms with van der Waals surface area (Å²) in [6.45, 7) is 24.9. The third kappa shape index (κ3) is 32.0. The van der Waals surface area contributed by atoms with Gasteiger partial charge in [0.1, 0.15) is 67.5 Å². The fourth-order valence-electron chi connectivity index (χ4n) is 15.8. The topological polar surface area (TPSA) is 198 Å². The lowest BCUT2D eigenvalue weighted by Crippen LogP contribution is -3.00. The highest BCUT2D eigenvalue weighted by Crippen LogP contribution is 2.44. The minimum absolute atomic E-state index is 0. The standard InChI is InChI=1S/2C20H25ClN2O2.C20H21F3N2O2.C19H25ClN2O.C18H16F3NO2.C16H12F3NO2.HI/c1-14-7-6-8-18(25-12-11-23(3,4)5)19(14)20(24)22-16-9-10-17(21)15(2)13-16;1-14-7-6-8-18(25-12-11-22(3)4)19(14)20(24)23(5)16-9-10-17(21)15(2)13-16;1-13-7-8-15(11-16(13)20(21,22)23)25-12-14-5-4-6-17(18(14)19(25)26)27-10-9-24(2)3;1-14-6-5-7-19(23-11-10-22(3)4)17(14)13-21-16-8-9-18(20)15(2)12-16;1-3-24-15-6-4-5-12-10-22(17(23)16(12)15)13-8-7-11(2)14(9-13)18(19,20)21;1-9-5-6-11(7-12(9)16(17,18)19)20-8-10-3-2-4-13(21)14(10)15(20)22;/h2*6-10,13H,11-12H2,1-5H3;4-8,11H,9-10,12H2,1-3H3;5-9,12,21H,10-11,13H2,1-4H3;4-9H,3,10H2,1-2H3;2-7,21H,8H2,1H3;1H. The Morgan fingerprint density at radius 3 is 1.17 bits per heavy atom. The number of nitrogens with zero attached hydrogens (tertiary/aromatic N) is 8. The average Bonchev–Trinajstić information content (AvgIpc) is 1.62. The Bertz CT molecular complexity index is 6660. The third-order valence-corrected chi connectivity index (χ3v) is 25.4. The number of alkyl halides is 9. The van der Waals surface area contributed by atoms with Crippen molar-refractivity contribution in [1.29, 1.82) is 0 Å². The molecule has 0 saturated carbocycles. The van der Waals surface area contributed by atoms with Crippen LogP contribution < -0.4 is 77.9 Å². The number of halogens is 13. The van der Waals surface area contributed by atoms with Gasteiger partial charge in [0.2, 0.25) is 0 Å². The molecule has 3 heterocycles. The molecule has 3 aliphatic rings. The lowest BCUT2D eigenvalue weighted by atomic mass is 10.1. The van der Waals surface area contributed by atoms with E-state index >= 15 is 0 Å². The minimum atomic E-state index is -4.47. The molecule has 5 amide bonds. The maximum absolute atomic E-state index is 13.2. The Hall–Kier alpha value is -12.6. The number of carbonyl (C=O) groups excluding carboxylic acids is 5. The van der Waals surface area contributed by atoms with Crippen molar-refractivity contribution >= 4 is 98.5 Å². The van der Waals surface area contributed by atoms with Crippen LogP contribution in [0.1, 0.15) is 148 Å². The normalized spacial score (nSPS) is 12.5. The van der Waals surface area contributed by atoms with Crippen molar-refractivity contribution in [2.45, 2.75) is 114 Å². The first kappa shape index (κ1) is 118. The Morgan fingerprint density at radius 2 is 0.748 bits per heavy atom. The van der Waals surface area contributed by atoms with Gasteiger partial charge in [0.15, 0.2) is 0 Å². The average molecular weight is 2200 g/mol. The molecule has 0 aromatic heterocycles. The molecule has 0 aliphatic carbocycles. The smallest absolute Gasteiger partial charge is 0.416 e. The summed E-state index contributed by atoms with van der Waals surface area (Å²) in [4.78, 5) is 75.5. The first-order chi connectivity index (χ1) is 68.7. The summed E-state index contributed by atoms with van der Waals surface area (Å²) >= 11 is 18.2. The van der Waals surface area contributed by atoms with Crippen LogP contribution in [0.25, 0.3) is 0 Å². The van der Waals surface area contributed by atoms with E-state index < -0.39 is 41.1 Å². The molecule has 15 rings (SSSR count). The molecule has 0 spiro atoms. The van der Waals surface area contributed by atoms with E-state index in [-0.39, 0.29) is 112 Å². The first-order valence-electron chi connectivity index (χ1n) is 47.1. The van der Waals surface area contributed by atoms with Crippen molar-refractivity contribution < 1.29 is 121 Å². The lowest BCUT2D eigenvalue weighted by molar-refractivity contribution is -0.870. The molecule has 0 fully saturated rings. The zero-order valence-corrected chi connectivity index (χ0v) is 90.4. The molecule has 3 aliphatic heterocycles. The maximum atomic E-state index is 13.2. The number of ether oxygens (including phenoxy) is 5. The van der Waals surface area contributed by atoms with Crippen LogP contribution in [0.4, 0.5) is 73.6 Å². The zero-order valence-electron chi connectivity index (χ0n) is 86.0. The number of benzene rings is 12. The van der Waals surface area contributed by atoms with Crippen molar-refractivity contribution in [1.82, 2.24) is 14.7 Å². The van der Waals surface area contributed by atoms with E-state index in [4.69, 9.17) is 58.5 Å². The number of likely N-dealkylation sites (N-methyl/N-ethyl adjacent to an activating group) is 4. The Labute approximate surface area is 886 Å². The van der Waals surface area contributed by atoms with Gasteiger partial charge in [-0.15, -0.1) is 0 Å². The molecule has 12 aromatic rings. The number of nitrogens with one attached hydrogen (secondary N) is 2. The molecule has 0 radical (unpaired) electrons. The van der Waals surface area contributed by atoms with E-state index in [1.54, 1.807) is 78.7 Å². The molecule has 3 N–H and O–H groups in total. The molecule has 147 heavy (non-hydrogen) atoms. The number of phenolic OH excluding ortho intramolecular Hbond substituents is 1. The van der Waals surface area contributed by atoms with Crippen molar-refractivity contribution in [3.63, 3.8) is 0 Å². The van der Waals surface area contributed by atoms with E-state index in [1.807, 2.05) is 179 Å². The van der Waals surface area contributed by atoms with Gasteiger partial charge in [-0.3, -0.25) is 24.0 Å². The number of hydrogen-bond donors (Lipinski definition) is 3. The summed E-state index contributed by atoms with van der Waals surface area (Å²) in [6, 6.07) is 61.4. The van der Waals surface area contributed by atoms with E-state index in [9.17, 15) is 68.6 Å². The van der Waals surface area contributed by atoms with Crippen LogP contribution in [-0.4, -0.2) is 184 Å². The van der Waals surface area contributed by atoms with Crippen LogP contribution in [0, 0.1) is 62.3 Å². The number of carbonyl (C=O) groups is 5. The predicted molar refractivity (Wildman–Crippen MR) is 563 cm³/mol. The first-order valence-corrected chi connectivity index (χ1v) is 48.2. The Morgan fingerprint density at radius 1 is 0.395 bits per heavy atom. The van der Waals surface area contributed by atoms with E-state index in [1.165, 1.54) is 83.0 Å². The highest BCUT2D eigenvalue weighted by molar-refractivity contribution is 6.32. The summed E-state index contributed by atoms with van der Waals surface area (Å²) in [6.07, 6.45) is -13.4. The molecule has 0 bridgehead atoms. The molecule has 0 unspecified atom stereocenters. The van der Waals surface area contributed by atoms with E-state index in [0.29, 0.717) is 106 Å². The molecule has 784 valence electrons. The van der Waals surface area contributed by atoms with E-state index in [0.717, 1.165) is 110 Å². The third-order valence-electron chi connectivity index (χ3n) is 24.1. The lowest BCUT2D eigenvalue weighted by Gasteiger charge is -2.24. The second-order valence-electron chi connectivity index (χ2n) is 37.3. The van der Waals surface area contributed by atoms with Gasteiger partial charge in [-0.25, -0.2) is 0 Å². The molecule has 34 heteroatoms. The number of amides is 5. The Kier molecular flexibility index (Phi) is 42.0. The van der Waals surface area contributed by atoms with Gasteiger partial charge in [0.25, 0.3) is 29.5 Å². The number of aromatic hydroxyl groups is 1. The molecular weight excluding hydrogens is 2080 g/mol. The molecular formula is C113H125Cl3F9IN10O11. The molecule has 0 saturated heterocycles. The van der Waals surface area contributed by atoms with Crippen molar-refractivity contribution in [3.8, 4) is 34.5 Å². The summed E-state index contributed by atoms with van der Waals surface area (Å²) in [5, 5.41) is 18.3. The highest BCUT2D eigenvalue weighted by Gasteiger charge is 2.41. The minimum Gasteiger partial charge on any atom is -1.00 e. The van der Waals surface area contributed by atoms with Gasteiger partial charge in [0, 0.05) is 88.0 Å². The number of phenols is 1. The van der Waals surface area contributed by atoms with Crippen LogP contribution in [-0.2, 0) is 44.7 Å². The molecule has 12 aromatic carbocycles. The number of quaternary nitrogens is 1. The van der Waals surface area contributed by atoms with Gasteiger partial charge in [-0.05, 0) is 306 Å². The number of hydrogen-bond acceptors (Lipinski definition) is 15. The molecule has 0 atom stereocenters. The van der Waals surface area contributed by atoms with Crippen LogP contribution in [0.3, 0.4) is 0 Å². The summed E-state index contributed by atoms with van der Waals surface area (Å²) < 4.78 is 148. The van der Waals surface area contributed by atoms with Crippen LogP contribution >= 0.6 is 34.8 Å². The fourth-order valence-corrected chi connectivity index (χ4v) is 16.2. The largest absolute Gasteiger partial charge is 1.00 e. The van der Waals surface area contributed by atoms with Gasteiger partial charge in [0.05, 0.1) is 91.9 Å². The van der Waals surface area contributed by atoms with E-state index in [2.05, 4.69) is 55.7 Å². The van der Waals surface area contributed by atoms with Gasteiger partial charge in [-0.2, -0.15) is 39.5 Å². The molecule has 21 nitrogen and oxygen atoms in total. The van der Waals surface area contributed by atoms with Crippen molar-refractivity contribution in [2.75, 3.05) is 160 Å². The van der Waals surface area contributed by atoms with Gasteiger partial charge >= 0.3 is 18.5 Å². The van der Waals surface area contributed by atoms with Crippen LogP contribution in [0.2, 0.25) is 15.1 Å². The quantitative estimate of drug-likeness (QED) is 0.0238. The van der Waals surface area contributed by atoms with Crippen molar-refractivity contribution in [3.05, 3.63) is 350 Å². The number of aryl methyl sites for hydroxylation is 9. The summed E-state index contributed by atoms with van der Waals surface area (Å²) in [5.41, 5.74) is 12.7. The summed E-state index contributed by atoms with van der Waals surface area (Å²) in [5.74, 6) is 1.48. The van der Waals surface area contributed by atoms with Gasteiger partial charge in [-0.1, -0.05) is 126 Å². The number of fused-ring (bicyclic) bond motifs is 3. The second kappa shape index (κ2) is 52.3. The second-order valence-corrected chi connectivity index (χ2v) is 38.5. The highest BCUT2D eigenvalue weighted by atomic mass is 127. The summed E-state index contributed by atoms with van der Waals surface area (Å²) in [7, 11) is 20.0. The van der Waals surface area contributed by atoms with Crippen LogP contribution in [0.15, 0.2) is 218 Å². The zero-order chi connectivity index (χ0) is 107. The van der Waals surface area contributed by atoms with Gasteiger partial charge < -0.3 is 102 Å². The van der Waals surface area contributed by atoms with Crippen molar-refractivity contribution in [2.24, 2.45) is 0 Å². The van der Waals surface area contributed by atoms with Crippen LogP contribution in [0.5, 0.6) is 34.5 Å². The maximum Gasteiger partial charge on any atom is 0.416 e. The Balaban J connectivity index is 0.000000196. The number of anilines is 6. The fraction of sp³-hybridized carbons (Fsp3) is 0.319. The predicted octanol–water partition coefficient (Wildman–Crippen LogP) is 22.5.